The van der Waals surface area contributed by atoms with E-state index in [-0.39, 0.29) is 5.97 Å². The molecule has 18 heavy (non-hydrogen) atoms. The van der Waals surface area contributed by atoms with Gasteiger partial charge in [0.1, 0.15) is 0 Å². The maximum Gasteiger partial charge on any atom is 0.337 e. The van der Waals surface area contributed by atoms with Gasteiger partial charge in [0.15, 0.2) is 0 Å². The Morgan fingerprint density at radius 1 is 1.28 bits per heavy atom. The SMILES string of the molecule is COC(=O)c1ccc(CS(=O)c2cccs2)cc1. The lowest BCUT2D eigenvalue weighted by atomic mass is 10.1. The number of rotatable bonds is 4. The average molecular weight is 280 g/mol. The second kappa shape index (κ2) is 5.93. The number of benzene rings is 1. The van der Waals surface area contributed by atoms with Crippen LogP contribution in [0.4, 0.5) is 0 Å². The molecule has 0 N–H and O–H groups in total. The van der Waals surface area contributed by atoms with Crippen molar-refractivity contribution in [1.29, 1.82) is 0 Å². The number of ether oxygens (including phenoxy) is 1. The third-order valence-corrected chi connectivity index (χ3v) is 5.08. The Kier molecular flexibility index (Phi) is 4.28. The fraction of sp³-hybridized carbons (Fsp3) is 0.154. The van der Waals surface area contributed by atoms with Crippen LogP contribution in [-0.4, -0.2) is 17.3 Å². The maximum atomic E-state index is 12.0. The van der Waals surface area contributed by atoms with Crippen molar-refractivity contribution in [2.75, 3.05) is 7.11 Å². The number of carbonyl (C=O) groups excluding carboxylic acids is 1. The van der Waals surface area contributed by atoms with Crippen LogP contribution in [-0.2, 0) is 21.3 Å². The highest BCUT2D eigenvalue weighted by atomic mass is 32.2. The maximum absolute atomic E-state index is 12.0. The zero-order valence-electron chi connectivity index (χ0n) is 9.79. The molecule has 0 amide bonds. The molecule has 2 rings (SSSR count). The molecule has 0 spiro atoms. The van der Waals surface area contributed by atoms with Crippen LogP contribution in [0.25, 0.3) is 0 Å². The molecule has 94 valence electrons. The molecule has 0 bridgehead atoms. The first-order chi connectivity index (χ1) is 8.70. The molecular weight excluding hydrogens is 268 g/mol. The zero-order chi connectivity index (χ0) is 13.0. The predicted molar refractivity (Wildman–Crippen MR) is 72.2 cm³/mol. The summed E-state index contributed by atoms with van der Waals surface area (Å²) >= 11 is 1.49. The van der Waals surface area contributed by atoms with E-state index in [9.17, 15) is 9.00 Å². The summed E-state index contributed by atoms with van der Waals surface area (Å²) in [4.78, 5) is 11.3. The van der Waals surface area contributed by atoms with Gasteiger partial charge >= 0.3 is 5.97 Å². The molecule has 2 aromatic rings. The monoisotopic (exact) mass is 280 g/mol. The molecule has 1 unspecified atom stereocenters. The molecular formula is C13H12O3S2. The van der Waals surface area contributed by atoms with Crippen molar-refractivity contribution >= 4 is 28.1 Å². The Bertz CT molecular complexity index is 544. The van der Waals surface area contributed by atoms with Gasteiger partial charge in [-0.3, -0.25) is 4.21 Å². The lowest BCUT2D eigenvalue weighted by Crippen LogP contribution is -2.01. The third-order valence-electron chi connectivity index (χ3n) is 2.39. The number of hydrogen-bond donors (Lipinski definition) is 0. The van der Waals surface area contributed by atoms with Crippen LogP contribution in [0.5, 0.6) is 0 Å². The summed E-state index contributed by atoms with van der Waals surface area (Å²) in [6.45, 7) is 0. The molecule has 0 saturated carbocycles. The van der Waals surface area contributed by atoms with Gasteiger partial charge in [-0.1, -0.05) is 18.2 Å². The van der Waals surface area contributed by atoms with Gasteiger partial charge in [0.25, 0.3) is 0 Å². The lowest BCUT2D eigenvalue weighted by molar-refractivity contribution is 0.0600. The van der Waals surface area contributed by atoms with Gasteiger partial charge in [-0.2, -0.15) is 0 Å². The molecule has 0 aliphatic heterocycles. The van der Waals surface area contributed by atoms with Crippen LogP contribution < -0.4 is 0 Å². The summed E-state index contributed by atoms with van der Waals surface area (Å²) in [6.07, 6.45) is 0. The summed E-state index contributed by atoms with van der Waals surface area (Å²) in [7, 11) is 0.329. The van der Waals surface area contributed by atoms with Gasteiger partial charge in [-0.15, -0.1) is 11.3 Å². The number of hydrogen-bond acceptors (Lipinski definition) is 4. The highest BCUT2D eigenvalue weighted by Crippen LogP contribution is 2.17. The molecule has 0 aliphatic rings. The van der Waals surface area contributed by atoms with Crippen molar-refractivity contribution in [2.24, 2.45) is 0 Å². The normalized spacial score (nSPS) is 12.1. The molecule has 1 aromatic heterocycles. The van der Waals surface area contributed by atoms with Gasteiger partial charge in [0.05, 0.1) is 33.4 Å². The van der Waals surface area contributed by atoms with Crippen molar-refractivity contribution in [3.63, 3.8) is 0 Å². The first kappa shape index (κ1) is 13.0. The van der Waals surface area contributed by atoms with Crippen LogP contribution in [0.2, 0.25) is 0 Å². The van der Waals surface area contributed by atoms with Gasteiger partial charge < -0.3 is 4.74 Å². The van der Waals surface area contributed by atoms with Crippen LogP contribution in [0, 0.1) is 0 Å². The minimum atomic E-state index is -1.02. The van der Waals surface area contributed by atoms with E-state index in [1.54, 1.807) is 24.3 Å². The molecule has 1 aromatic carbocycles. The van der Waals surface area contributed by atoms with E-state index in [2.05, 4.69) is 4.74 Å². The van der Waals surface area contributed by atoms with E-state index >= 15 is 0 Å². The Hall–Kier alpha value is -1.46. The highest BCUT2D eigenvalue weighted by molar-refractivity contribution is 7.86. The van der Waals surface area contributed by atoms with Gasteiger partial charge in [-0.25, -0.2) is 4.79 Å². The molecule has 0 radical (unpaired) electrons. The molecule has 3 nitrogen and oxygen atoms in total. The van der Waals surface area contributed by atoms with E-state index in [0.717, 1.165) is 9.77 Å². The standard InChI is InChI=1S/C13H12O3S2/c1-16-13(14)11-6-4-10(5-7-11)9-18(15)12-3-2-8-17-12/h2-8H,9H2,1H3. The average Bonchev–Trinajstić information content (AvgIpc) is 2.92. The summed E-state index contributed by atoms with van der Waals surface area (Å²) in [5.74, 6) is 0.100. The van der Waals surface area contributed by atoms with Gasteiger partial charge in [0.2, 0.25) is 0 Å². The van der Waals surface area contributed by atoms with E-state index in [1.165, 1.54) is 18.4 Å². The number of thiophene rings is 1. The fourth-order valence-corrected chi connectivity index (χ4v) is 3.56. The highest BCUT2D eigenvalue weighted by Gasteiger charge is 2.08. The fourth-order valence-electron chi connectivity index (χ4n) is 1.47. The van der Waals surface area contributed by atoms with E-state index in [4.69, 9.17) is 0 Å². The van der Waals surface area contributed by atoms with Crippen molar-refractivity contribution in [2.45, 2.75) is 9.96 Å². The molecule has 1 atom stereocenters. The summed E-state index contributed by atoms with van der Waals surface area (Å²) < 4.78 is 17.5. The Morgan fingerprint density at radius 3 is 2.56 bits per heavy atom. The molecule has 5 heteroatoms. The smallest absolute Gasteiger partial charge is 0.337 e. The topological polar surface area (TPSA) is 43.4 Å². The predicted octanol–water partition coefficient (Wildman–Crippen LogP) is 2.84. The molecule has 0 saturated heterocycles. The number of methoxy groups -OCH3 is 1. The third kappa shape index (κ3) is 3.05. The lowest BCUT2D eigenvalue weighted by Gasteiger charge is -2.02. The molecule has 0 aliphatic carbocycles. The van der Waals surface area contributed by atoms with Crippen molar-refractivity contribution in [1.82, 2.24) is 0 Å². The second-order valence-electron chi connectivity index (χ2n) is 3.61. The first-order valence-electron chi connectivity index (χ1n) is 5.30. The van der Waals surface area contributed by atoms with Crippen molar-refractivity contribution < 1.29 is 13.7 Å². The Balaban J connectivity index is 2.07. The summed E-state index contributed by atoms with van der Waals surface area (Å²) in [5.41, 5.74) is 1.44. The van der Waals surface area contributed by atoms with E-state index in [0.29, 0.717) is 11.3 Å². The van der Waals surface area contributed by atoms with E-state index < -0.39 is 10.8 Å². The quantitative estimate of drug-likeness (QED) is 0.809. The van der Waals surface area contributed by atoms with Crippen molar-refractivity contribution in [3.05, 3.63) is 52.9 Å². The first-order valence-corrected chi connectivity index (χ1v) is 7.49. The number of esters is 1. The minimum Gasteiger partial charge on any atom is -0.465 e. The Labute approximate surface area is 112 Å². The van der Waals surface area contributed by atoms with Crippen LogP contribution in [0.1, 0.15) is 15.9 Å². The van der Waals surface area contributed by atoms with Gasteiger partial charge in [0, 0.05) is 0 Å². The Morgan fingerprint density at radius 2 is 2.00 bits per heavy atom. The van der Waals surface area contributed by atoms with E-state index in [1.807, 2.05) is 17.5 Å². The minimum absolute atomic E-state index is 0.360. The molecule has 0 fully saturated rings. The zero-order valence-corrected chi connectivity index (χ0v) is 11.4. The second-order valence-corrected chi connectivity index (χ2v) is 6.24. The van der Waals surface area contributed by atoms with Crippen molar-refractivity contribution in [3.8, 4) is 0 Å². The number of carbonyl (C=O) groups is 1. The van der Waals surface area contributed by atoms with Crippen LogP contribution in [0.15, 0.2) is 46.0 Å². The van der Waals surface area contributed by atoms with Gasteiger partial charge in [-0.05, 0) is 29.1 Å². The largest absolute Gasteiger partial charge is 0.465 e. The van der Waals surface area contributed by atoms with Crippen LogP contribution >= 0.6 is 11.3 Å². The summed E-state index contributed by atoms with van der Waals surface area (Å²) in [5, 5.41) is 1.91. The summed E-state index contributed by atoms with van der Waals surface area (Å²) in [6, 6.07) is 10.7. The molecule has 1 heterocycles. The van der Waals surface area contributed by atoms with Crippen LogP contribution in [0.3, 0.4) is 0 Å².